The second-order valence-corrected chi connectivity index (χ2v) is 4.18. The third-order valence-corrected chi connectivity index (χ3v) is 1.39. The fourth-order valence-corrected chi connectivity index (χ4v) is 0.661. The average Bonchev–Trinajstić information content (AvgIpc) is 1.55. The van der Waals surface area contributed by atoms with Crippen molar-refractivity contribution in [1.82, 2.24) is 0 Å². The molecule has 5 nitrogen and oxygen atoms in total. The molecule has 11 heavy (non-hydrogen) atoms. The van der Waals surface area contributed by atoms with Gasteiger partial charge in [0, 0.05) is 0 Å². The fourth-order valence-electron chi connectivity index (χ4n) is 0.403. The van der Waals surface area contributed by atoms with E-state index in [1.807, 2.05) is 21.1 Å². The van der Waals surface area contributed by atoms with Crippen LogP contribution in [0.15, 0.2) is 0 Å². The highest BCUT2D eigenvalue weighted by molar-refractivity contribution is 4.20. The first kappa shape index (κ1) is 11.1. The van der Waals surface area contributed by atoms with E-state index in [4.69, 9.17) is 0 Å². The van der Waals surface area contributed by atoms with Gasteiger partial charge in [0.1, 0.15) is 6.54 Å². The standard InChI is InChI=1S/C5H13ClNO4/c1-7(2,3)4-5-11-6(8,9)10/h4-5H2,1-3H3/q+1. The van der Waals surface area contributed by atoms with Gasteiger partial charge in [-0.05, 0) is 0 Å². The van der Waals surface area contributed by atoms with Crippen LogP contribution in [-0.2, 0) is 4.29 Å². The quantitative estimate of drug-likeness (QED) is 0.429. The van der Waals surface area contributed by atoms with Gasteiger partial charge < -0.3 is 4.48 Å². The van der Waals surface area contributed by atoms with E-state index in [1.165, 1.54) is 0 Å². The minimum absolute atomic E-state index is 0.0725. The summed E-state index contributed by atoms with van der Waals surface area (Å²) in [7, 11) is 1.37. The number of hydrogen-bond donors (Lipinski definition) is 0. The normalized spacial score (nSPS) is 13.6. The molecule has 0 saturated carbocycles. The predicted molar refractivity (Wildman–Crippen MR) is 28.9 cm³/mol. The third kappa shape index (κ3) is 10.1. The van der Waals surface area contributed by atoms with Crippen LogP contribution in [0.4, 0.5) is 0 Å². The van der Waals surface area contributed by atoms with E-state index in [9.17, 15) is 14.0 Å². The van der Waals surface area contributed by atoms with Crippen molar-refractivity contribution in [2.75, 3.05) is 34.3 Å². The molecule has 0 bridgehead atoms. The van der Waals surface area contributed by atoms with E-state index in [2.05, 4.69) is 4.29 Å². The Morgan fingerprint density at radius 1 is 1.18 bits per heavy atom. The lowest BCUT2D eigenvalue weighted by molar-refractivity contribution is -1.92. The Morgan fingerprint density at radius 3 is 1.91 bits per heavy atom. The third-order valence-electron chi connectivity index (χ3n) is 0.973. The molecular formula is C5H13ClNO4+. The van der Waals surface area contributed by atoms with Gasteiger partial charge in [0.05, 0.1) is 35.7 Å². The molecule has 0 amide bonds. The SMILES string of the molecule is C[N+](C)(C)CCO[Cl+3]([O-])([O-])[O-]. The zero-order chi connectivity index (χ0) is 9.12. The lowest BCUT2D eigenvalue weighted by Gasteiger charge is -2.22. The van der Waals surface area contributed by atoms with Gasteiger partial charge in [0.15, 0.2) is 0 Å². The summed E-state index contributed by atoms with van der Waals surface area (Å²) >= 11 is 0. The van der Waals surface area contributed by atoms with Crippen LogP contribution in [0.1, 0.15) is 0 Å². The Kier molecular flexibility index (Phi) is 3.69. The van der Waals surface area contributed by atoms with E-state index in [-0.39, 0.29) is 6.61 Å². The first-order valence-corrected chi connectivity index (χ1v) is 4.30. The average molecular weight is 187 g/mol. The van der Waals surface area contributed by atoms with Gasteiger partial charge in [-0.2, -0.15) is 14.0 Å². The largest absolute Gasteiger partial charge is 0.328 e. The maximum Gasteiger partial charge on any atom is 0.251 e. The van der Waals surface area contributed by atoms with Crippen molar-refractivity contribution in [3.63, 3.8) is 0 Å². The molecule has 0 aliphatic carbocycles. The molecule has 0 aromatic carbocycles. The molecule has 0 aliphatic rings. The maximum absolute atomic E-state index is 9.90. The molecule has 0 saturated heterocycles. The number of quaternary nitrogens is 1. The summed E-state index contributed by atoms with van der Waals surface area (Å²) in [5, 5.41) is 0. The number of hydrogen-bond acceptors (Lipinski definition) is 4. The lowest BCUT2D eigenvalue weighted by Crippen LogP contribution is -2.61. The summed E-state index contributed by atoms with van der Waals surface area (Å²) in [5.41, 5.74) is 0. The molecule has 0 aromatic rings. The molecule has 0 unspecified atom stereocenters. The number of halogens is 1. The van der Waals surface area contributed by atoms with Crippen LogP contribution in [0, 0.1) is 10.2 Å². The predicted octanol–water partition coefficient (Wildman–Crippen LogP) is -3.39. The fraction of sp³-hybridized carbons (Fsp3) is 1.00. The summed E-state index contributed by atoms with van der Waals surface area (Å²) in [6.07, 6.45) is 0. The van der Waals surface area contributed by atoms with Crippen molar-refractivity contribution in [3.05, 3.63) is 0 Å². The highest BCUT2D eigenvalue weighted by Crippen LogP contribution is 1.93. The van der Waals surface area contributed by atoms with Crippen molar-refractivity contribution in [1.29, 1.82) is 0 Å². The van der Waals surface area contributed by atoms with Crippen LogP contribution in [0.5, 0.6) is 0 Å². The van der Waals surface area contributed by atoms with Crippen molar-refractivity contribution in [2.24, 2.45) is 0 Å². The summed E-state index contributed by atoms with van der Waals surface area (Å²) in [6, 6.07) is 0. The monoisotopic (exact) mass is 186 g/mol. The molecule has 0 aliphatic heterocycles. The number of likely N-dealkylation sites (N-methyl/N-ethyl adjacent to an activating group) is 1. The highest BCUT2D eigenvalue weighted by Gasteiger charge is 2.19. The number of rotatable bonds is 4. The van der Waals surface area contributed by atoms with Gasteiger partial charge in [-0.3, -0.25) is 0 Å². The van der Waals surface area contributed by atoms with Gasteiger partial charge in [0.25, 0.3) is 6.61 Å². The van der Waals surface area contributed by atoms with Crippen LogP contribution in [0.3, 0.4) is 0 Å². The molecular weight excluding hydrogens is 174 g/mol. The van der Waals surface area contributed by atoms with E-state index in [0.29, 0.717) is 11.0 Å². The Balaban J connectivity index is 3.44. The van der Waals surface area contributed by atoms with Crippen molar-refractivity contribution in [2.45, 2.75) is 0 Å². The second-order valence-electron chi connectivity index (χ2n) is 3.21. The molecule has 0 N–H and O–H groups in total. The second kappa shape index (κ2) is 3.66. The Bertz CT molecular complexity index is 103. The molecule has 0 radical (unpaired) electrons. The van der Waals surface area contributed by atoms with Gasteiger partial charge in [0.2, 0.25) is 0 Å². The van der Waals surface area contributed by atoms with Crippen LogP contribution in [-0.4, -0.2) is 38.8 Å². The Morgan fingerprint density at radius 2 is 1.64 bits per heavy atom. The van der Waals surface area contributed by atoms with Crippen molar-refractivity contribution in [3.8, 4) is 0 Å². The molecule has 68 valence electrons. The summed E-state index contributed by atoms with van der Waals surface area (Å²) in [5.74, 6) is 0. The smallest absolute Gasteiger partial charge is 0.251 e. The Hall–Kier alpha value is 0.0900. The molecule has 6 heteroatoms. The van der Waals surface area contributed by atoms with Gasteiger partial charge in [-0.15, -0.1) is 0 Å². The van der Waals surface area contributed by atoms with Crippen LogP contribution < -0.4 is 14.0 Å². The van der Waals surface area contributed by atoms with E-state index in [1.54, 1.807) is 0 Å². The number of nitrogens with zero attached hydrogens (tertiary/aromatic N) is 1. The van der Waals surface area contributed by atoms with Crippen LogP contribution in [0.25, 0.3) is 0 Å². The van der Waals surface area contributed by atoms with Crippen molar-refractivity contribution < 1.29 is 33.0 Å². The molecule has 0 spiro atoms. The topological polar surface area (TPSA) is 78.4 Å². The lowest BCUT2D eigenvalue weighted by atomic mass is 10.5. The molecule has 0 fully saturated rings. The molecule has 0 rings (SSSR count). The summed E-state index contributed by atoms with van der Waals surface area (Å²) in [6.45, 7) is 0.408. The highest BCUT2D eigenvalue weighted by atomic mass is 35.7. The maximum atomic E-state index is 9.90. The minimum atomic E-state index is -4.25. The van der Waals surface area contributed by atoms with Crippen LogP contribution in [0.2, 0.25) is 0 Å². The van der Waals surface area contributed by atoms with E-state index < -0.39 is 10.2 Å². The molecule has 0 atom stereocenters. The van der Waals surface area contributed by atoms with Gasteiger partial charge >= 0.3 is 0 Å². The Labute approximate surface area is 68.1 Å². The first-order valence-electron chi connectivity index (χ1n) is 3.06. The zero-order valence-electron chi connectivity index (χ0n) is 6.87. The summed E-state index contributed by atoms with van der Waals surface area (Å²) in [4.78, 5) is 0. The molecule has 0 aromatic heterocycles. The summed E-state index contributed by atoms with van der Waals surface area (Å²) < 4.78 is 34.3. The zero-order valence-corrected chi connectivity index (χ0v) is 7.63. The van der Waals surface area contributed by atoms with Crippen molar-refractivity contribution >= 4 is 0 Å². The van der Waals surface area contributed by atoms with Gasteiger partial charge in [-0.1, -0.05) is 0 Å². The van der Waals surface area contributed by atoms with E-state index in [0.717, 1.165) is 0 Å². The van der Waals surface area contributed by atoms with Gasteiger partial charge in [-0.25, -0.2) is 0 Å². The molecule has 0 heterocycles. The van der Waals surface area contributed by atoms with Crippen LogP contribution >= 0.6 is 0 Å². The first-order chi connectivity index (χ1) is 4.71. The van der Waals surface area contributed by atoms with E-state index >= 15 is 0 Å². The minimum Gasteiger partial charge on any atom is -0.328 e.